The number of hydrogen-bond donors (Lipinski definition) is 1. The van der Waals surface area contributed by atoms with Crippen molar-refractivity contribution < 1.29 is 4.74 Å². The van der Waals surface area contributed by atoms with E-state index < -0.39 is 0 Å². The van der Waals surface area contributed by atoms with Crippen LogP contribution in [0, 0.1) is 11.8 Å². The molecule has 0 amide bonds. The summed E-state index contributed by atoms with van der Waals surface area (Å²) in [5.74, 6) is 1.33. The van der Waals surface area contributed by atoms with E-state index in [0.717, 1.165) is 18.8 Å². The van der Waals surface area contributed by atoms with E-state index in [4.69, 9.17) is 10.5 Å². The second-order valence-electron chi connectivity index (χ2n) is 4.54. The third-order valence-corrected chi connectivity index (χ3v) is 4.07. The second kappa shape index (κ2) is 6.33. The molecule has 1 heterocycles. The smallest absolute Gasteiger partial charge is 0.0896 e. The van der Waals surface area contributed by atoms with Gasteiger partial charge in [0.25, 0.3) is 0 Å². The fourth-order valence-corrected chi connectivity index (χ4v) is 2.98. The van der Waals surface area contributed by atoms with Gasteiger partial charge >= 0.3 is 0 Å². The summed E-state index contributed by atoms with van der Waals surface area (Å²) in [4.78, 5) is 4.21. The molecule has 1 aliphatic rings. The summed E-state index contributed by atoms with van der Waals surface area (Å²) in [6, 6.07) is 0. The standard InChI is InChI=1S/C12H20N2OS/c13-5-10-3-1-2-4-11(10)6-15-7-12-8-16-9-14-12/h8-11H,1-7,13H2. The van der Waals surface area contributed by atoms with Crippen molar-refractivity contribution in [3.63, 3.8) is 0 Å². The van der Waals surface area contributed by atoms with E-state index in [1.54, 1.807) is 11.3 Å². The zero-order valence-electron chi connectivity index (χ0n) is 9.60. The number of rotatable bonds is 5. The Hall–Kier alpha value is -0.450. The van der Waals surface area contributed by atoms with E-state index in [0.29, 0.717) is 18.4 Å². The average Bonchev–Trinajstić information content (AvgIpc) is 2.83. The van der Waals surface area contributed by atoms with E-state index in [2.05, 4.69) is 4.98 Å². The Morgan fingerprint density at radius 2 is 2.19 bits per heavy atom. The molecule has 0 aliphatic heterocycles. The van der Waals surface area contributed by atoms with Gasteiger partial charge in [-0.15, -0.1) is 11.3 Å². The van der Waals surface area contributed by atoms with Gasteiger partial charge in [-0.3, -0.25) is 0 Å². The van der Waals surface area contributed by atoms with E-state index in [1.165, 1.54) is 25.7 Å². The molecule has 3 nitrogen and oxygen atoms in total. The third kappa shape index (κ3) is 3.27. The topological polar surface area (TPSA) is 48.1 Å². The summed E-state index contributed by atoms with van der Waals surface area (Å²) in [6.07, 6.45) is 5.23. The van der Waals surface area contributed by atoms with Crippen molar-refractivity contribution in [1.29, 1.82) is 0 Å². The molecule has 0 spiro atoms. The molecule has 0 aromatic carbocycles. The van der Waals surface area contributed by atoms with Crippen LogP contribution in [0.5, 0.6) is 0 Å². The fourth-order valence-electron chi connectivity index (χ4n) is 2.44. The van der Waals surface area contributed by atoms with Crippen LogP contribution in [0.1, 0.15) is 31.4 Å². The molecule has 0 saturated heterocycles. The van der Waals surface area contributed by atoms with Gasteiger partial charge in [0.15, 0.2) is 0 Å². The highest BCUT2D eigenvalue weighted by Crippen LogP contribution is 2.29. The second-order valence-corrected chi connectivity index (χ2v) is 5.25. The minimum Gasteiger partial charge on any atom is -0.375 e. The molecule has 16 heavy (non-hydrogen) atoms. The summed E-state index contributed by atoms with van der Waals surface area (Å²) in [6.45, 7) is 2.31. The Balaban J connectivity index is 1.71. The Kier molecular flexibility index (Phi) is 4.75. The Morgan fingerprint density at radius 3 is 2.88 bits per heavy atom. The first kappa shape index (κ1) is 12.0. The Labute approximate surface area is 101 Å². The van der Waals surface area contributed by atoms with Gasteiger partial charge in [-0.2, -0.15) is 0 Å². The molecule has 90 valence electrons. The lowest BCUT2D eigenvalue weighted by molar-refractivity contribution is 0.0499. The normalized spacial score (nSPS) is 25.8. The van der Waals surface area contributed by atoms with Crippen LogP contribution in [-0.2, 0) is 11.3 Å². The number of hydrogen-bond acceptors (Lipinski definition) is 4. The van der Waals surface area contributed by atoms with Crippen LogP contribution < -0.4 is 5.73 Å². The predicted octanol–water partition coefficient (Wildman–Crippen LogP) is 2.42. The van der Waals surface area contributed by atoms with Gasteiger partial charge in [0.1, 0.15) is 0 Å². The summed E-state index contributed by atoms with van der Waals surface area (Å²) < 4.78 is 5.74. The maximum atomic E-state index is 5.79. The van der Waals surface area contributed by atoms with E-state index in [1.807, 2.05) is 10.9 Å². The lowest BCUT2D eigenvalue weighted by Gasteiger charge is -2.30. The molecule has 1 aromatic rings. The monoisotopic (exact) mass is 240 g/mol. The van der Waals surface area contributed by atoms with Crippen molar-refractivity contribution in [3.8, 4) is 0 Å². The minimum absolute atomic E-state index is 0.650. The molecule has 4 heteroatoms. The van der Waals surface area contributed by atoms with Gasteiger partial charge < -0.3 is 10.5 Å². The SMILES string of the molecule is NCC1CCCCC1COCc1cscn1. The van der Waals surface area contributed by atoms with Crippen LogP contribution >= 0.6 is 11.3 Å². The zero-order chi connectivity index (χ0) is 11.2. The van der Waals surface area contributed by atoms with Gasteiger partial charge in [-0.1, -0.05) is 12.8 Å². The summed E-state index contributed by atoms with van der Waals surface area (Å²) in [5.41, 5.74) is 8.69. The van der Waals surface area contributed by atoms with Gasteiger partial charge in [0, 0.05) is 5.38 Å². The molecule has 1 aliphatic carbocycles. The quantitative estimate of drug-likeness (QED) is 0.860. The summed E-state index contributed by atoms with van der Waals surface area (Å²) in [5, 5.41) is 2.04. The molecule has 2 rings (SSSR count). The van der Waals surface area contributed by atoms with E-state index in [-0.39, 0.29) is 0 Å². The lowest BCUT2D eigenvalue weighted by Crippen LogP contribution is -2.29. The highest BCUT2D eigenvalue weighted by Gasteiger charge is 2.23. The largest absolute Gasteiger partial charge is 0.375 e. The molecule has 2 N–H and O–H groups in total. The number of aromatic nitrogens is 1. The van der Waals surface area contributed by atoms with Crippen molar-refractivity contribution in [1.82, 2.24) is 4.98 Å². The van der Waals surface area contributed by atoms with Crippen LogP contribution in [-0.4, -0.2) is 18.1 Å². The molecule has 1 fully saturated rings. The van der Waals surface area contributed by atoms with Crippen LogP contribution in [0.15, 0.2) is 10.9 Å². The van der Waals surface area contributed by atoms with Gasteiger partial charge in [0.2, 0.25) is 0 Å². The molecule has 1 aromatic heterocycles. The maximum absolute atomic E-state index is 5.79. The minimum atomic E-state index is 0.650. The average molecular weight is 240 g/mol. The predicted molar refractivity (Wildman–Crippen MR) is 66.3 cm³/mol. The summed E-state index contributed by atoms with van der Waals surface area (Å²) in [7, 11) is 0. The first-order valence-electron chi connectivity index (χ1n) is 6.05. The van der Waals surface area contributed by atoms with Crippen molar-refractivity contribution in [2.45, 2.75) is 32.3 Å². The Bertz CT molecular complexity index is 289. The number of nitrogens with zero attached hydrogens (tertiary/aromatic N) is 1. The Morgan fingerprint density at radius 1 is 1.38 bits per heavy atom. The van der Waals surface area contributed by atoms with Gasteiger partial charge in [0.05, 0.1) is 24.4 Å². The van der Waals surface area contributed by atoms with Crippen molar-refractivity contribution in [2.24, 2.45) is 17.6 Å². The highest BCUT2D eigenvalue weighted by molar-refractivity contribution is 7.07. The molecular weight excluding hydrogens is 220 g/mol. The van der Waals surface area contributed by atoms with Crippen molar-refractivity contribution in [3.05, 3.63) is 16.6 Å². The van der Waals surface area contributed by atoms with Gasteiger partial charge in [-0.25, -0.2) is 4.98 Å². The molecule has 2 unspecified atom stereocenters. The molecule has 0 radical (unpaired) electrons. The van der Waals surface area contributed by atoms with E-state index in [9.17, 15) is 0 Å². The molecule has 2 atom stereocenters. The van der Waals surface area contributed by atoms with Crippen molar-refractivity contribution >= 4 is 11.3 Å². The van der Waals surface area contributed by atoms with Crippen LogP contribution in [0.4, 0.5) is 0 Å². The number of ether oxygens (including phenoxy) is 1. The molecular formula is C12H20N2OS. The van der Waals surface area contributed by atoms with E-state index >= 15 is 0 Å². The zero-order valence-corrected chi connectivity index (χ0v) is 10.4. The van der Waals surface area contributed by atoms with Gasteiger partial charge in [-0.05, 0) is 31.2 Å². The lowest BCUT2D eigenvalue weighted by atomic mass is 9.80. The molecule has 0 bridgehead atoms. The number of nitrogens with two attached hydrogens (primary N) is 1. The van der Waals surface area contributed by atoms with Crippen molar-refractivity contribution in [2.75, 3.05) is 13.2 Å². The van der Waals surface area contributed by atoms with Crippen LogP contribution in [0.2, 0.25) is 0 Å². The highest BCUT2D eigenvalue weighted by atomic mass is 32.1. The fraction of sp³-hybridized carbons (Fsp3) is 0.750. The number of thiazole rings is 1. The first-order valence-corrected chi connectivity index (χ1v) is 6.99. The summed E-state index contributed by atoms with van der Waals surface area (Å²) >= 11 is 1.62. The third-order valence-electron chi connectivity index (χ3n) is 3.43. The maximum Gasteiger partial charge on any atom is 0.0896 e. The van der Waals surface area contributed by atoms with Crippen LogP contribution in [0.25, 0.3) is 0 Å². The first-order chi connectivity index (χ1) is 7.90. The van der Waals surface area contributed by atoms with Crippen LogP contribution in [0.3, 0.4) is 0 Å². The molecule has 1 saturated carbocycles.